The highest BCUT2D eigenvalue weighted by molar-refractivity contribution is 6.33. The van der Waals surface area contributed by atoms with Crippen LogP contribution in [0.25, 0.3) is 0 Å². The molecule has 1 aliphatic rings. The van der Waals surface area contributed by atoms with Crippen molar-refractivity contribution in [1.29, 1.82) is 0 Å². The number of nitrogens with one attached hydrogen (secondary N) is 1. The molecule has 0 atom stereocenters. The maximum absolute atomic E-state index is 12.4. The number of likely N-dealkylation sites (tertiary alicyclic amines) is 1. The minimum absolute atomic E-state index is 0.0187. The van der Waals surface area contributed by atoms with Crippen LogP contribution in [0.2, 0.25) is 5.02 Å². The van der Waals surface area contributed by atoms with E-state index in [0.717, 1.165) is 0 Å². The molecule has 4 nitrogen and oxygen atoms in total. The van der Waals surface area contributed by atoms with Crippen LogP contribution in [0.5, 0.6) is 0 Å². The van der Waals surface area contributed by atoms with Crippen LogP contribution in [0, 0.1) is 5.92 Å². The second kappa shape index (κ2) is 6.75. The van der Waals surface area contributed by atoms with E-state index in [1.54, 1.807) is 29.2 Å². The zero-order valence-corrected chi connectivity index (χ0v) is 12.3. The summed E-state index contributed by atoms with van der Waals surface area (Å²) in [7, 11) is 0. The van der Waals surface area contributed by atoms with Gasteiger partial charge in [-0.15, -0.1) is 0 Å². The summed E-state index contributed by atoms with van der Waals surface area (Å²) in [5.74, 6) is 0.0625. The summed E-state index contributed by atoms with van der Waals surface area (Å²) in [6.07, 6.45) is 1.42. The zero-order chi connectivity index (χ0) is 14.5. The quantitative estimate of drug-likeness (QED) is 0.930. The average molecular weight is 295 g/mol. The van der Waals surface area contributed by atoms with Gasteiger partial charge >= 0.3 is 0 Å². The molecule has 1 saturated heterocycles. The van der Waals surface area contributed by atoms with Gasteiger partial charge in [0, 0.05) is 25.6 Å². The maximum Gasteiger partial charge on any atom is 0.255 e. The molecular weight excluding hydrogens is 276 g/mol. The molecule has 0 aromatic heterocycles. The SMILES string of the molecule is CCNC(=O)C1CCN(C(=O)c2ccccc2Cl)CC1. The number of piperidine rings is 1. The Morgan fingerprint density at radius 3 is 2.55 bits per heavy atom. The lowest BCUT2D eigenvalue weighted by Gasteiger charge is -2.31. The molecule has 0 unspecified atom stereocenters. The van der Waals surface area contributed by atoms with Crippen molar-refractivity contribution in [3.05, 3.63) is 34.9 Å². The molecule has 1 fully saturated rings. The van der Waals surface area contributed by atoms with Gasteiger partial charge in [-0.2, -0.15) is 0 Å². The van der Waals surface area contributed by atoms with Crippen LogP contribution >= 0.6 is 11.6 Å². The fourth-order valence-corrected chi connectivity index (χ4v) is 2.68. The third-order valence-corrected chi connectivity index (χ3v) is 3.94. The van der Waals surface area contributed by atoms with Gasteiger partial charge in [0.25, 0.3) is 5.91 Å². The van der Waals surface area contributed by atoms with E-state index in [0.29, 0.717) is 43.1 Å². The average Bonchev–Trinajstić information content (AvgIpc) is 2.47. The number of carbonyl (C=O) groups is 2. The molecule has 2 rings (SSSR count). The molecule has 1 aromatic carbocycles. The van der Waals surface area contributed by atoms with Crippen molar-refractivity contribution in [3.8, 4) is 0 Å². The van der Waals surface area contributed by atoms with E-state index in [9.17, 15) is 9.59 Å². The molecule has 1 heterocycles. The predicted molar refractivity (Wildman–Crippen MR) is 78.8 cm³/mol. The highest BCUT2D eigenvalue weighted by Crippen LogP contribution is 2.22. The monoisotopic (exact) mass is 294 g/mol. The van der Waals surface area contributed by atoms with Gasteiger partial charge in [-0.3, -0.25) is 9.59 Å². The van der Waals surface area contributed by atoms with Gasteiger partial charge in [-0.25, -0.2) is 0 Å². The van der Waals surface area contributed by atoms with Crippen LogP contribution in [0.1, 0.15) is 30.1 Å². The highest BCUT2D eigenvalue weighted by Gasteiger charge is 2.28. The number of rotatable bonds is 3. The van der Waals surface area contributed by atoms with Gasteiger partial charge in [0.15, 0.2) is 0 Å². The molecular formula is C15H19ClN2O2. The Kier molecular flexibility index (Phi) is 5.01. The number of nitrogens with zero attached hydrogens (tertiary/aromatic N) is 1. The fraction of sp³-hybridized carbons (Fsp3) is 0.467. The van der Waals surface area contributed by atoms with Gasteiger partial charge in [-0.05, 0) is 31.9 Å². The molecule has 0 radical (unpaired) electrons. The minimum Gasteiger partial charge on any atom is -0.356 e. The minimum atomic E-state index is -0.0510. The molecule has 1 N–H and O–H groups in total. The normalized spacial score (nSPS) is 16.0. The summed E-state index contributed by atoms with van der Waals surface area (Å²) in [6, 6.07) is 7.07. The Balaban J connectivity index is 1.96. The Morgan fingerprint density at radius 1 is 1.30 bits per heavy atom. The fourth-order valence-electron chi connectivity index (χ4n) is 2.47. The Labute approximate surface area is 124 Å². The number of benzene rings is 1. The zero-order valence-electron chi connectivity index (χ0n) is 11.6. The first-order valence-corrected chi connectivity index (χ1v) is 7.32. The van der Waals surface area contributed by atoms with Crippen LogP contribution in [0.3, 0.4) is 0 Å². The third-order valence-electron chi connectivity index (χ3n) is 3.61. The summed E-state index contributed by atoms with van der Waals surface area (Å²) in [4.78, 5) is 25.9. The first-order valence-electron chi connectivity index (χ1n) is 6.95. The molecule has 108 valence electrons. The lowest BCUT2D eigenvalue weighted by Crippen LogP contribution is -2.43. The lowest BCUT2D eigenvalue weighted by atomic mass is 9.95. The highest BCUT2D eigenvalue weighted by atomic mass is 35.5. The molecule has 20 heavy (non-hydrogen) atoms. The van der Waals surface area contributed by atoms with Crippen molar-refractivity contribution in [2.24, 2.45) is 5.92 Å². The molecule has 0 saturated carbocycles. The standard InChI is InChI=1S/C15H19ClN2O2/c1-2-17-14(19)11-7-9-18(10-8-11)15(20)12-5-3-4-6-13(12)16/h3-6,11H,2,7-10H2,1H3,(H,17,19). The molecule has 1 aliphatic heterocycles. The summed E-state index contributed by atoms with van der Waals surface area (Å²) in [5.41, 5.74) is 0.533. The Hall–Kier alpha value is -1.55. The van der Waals surface area contributed by atoms with Gasteiger partial charge < -0.3 is 10.2 Å². The van der Waals surface area contributed by atoms with E-state index in [1.165, 1.54) is 0 Å². The molecule has 0 spiro atoms. The van der Waals surface area contributed by atoms with Gasteiger partial charge in [-0.1, -0.05) is 23.7 Å². The predicted octanol–water partition coefficient (Wildman–Crippen LogP) is 2.33. The Bertz CT molecular complexity index is 496. The summed E-state index contributed by atoms with van der Waals surface area (Å²) < 4.78 is 0. The second-order valence-corrected chi connectivity index (χ2v) is 5.35. The van der Waals surface area contributed by atoms with Crippen LogP contribution in [0.4, 0.5) is 0 Å². The van der Waals surface area contributed by atoms with E-state index in [2.05, 4.69) is 5.32 Å². The number of carbonyl (C=O) groups excluding carboxylic acids is 2. The van der Waals surface area contributed by atoms with Crippen molar-refractivity contribution in [2.75, 3.05) is 19.6 Å². The second-order valence-electron chi connectivity index (χ2n) is 4.94. The van der Waals surface area contributed by atoms with Gasteiger partial charge in [0.1, 0.15) is 0 Å². The lowest BCUT2D eigenvalue weighted by molar-refractivity contribution is -0.126. The topological polar surface area (TPSA) is 49.4 Å². The molecule has 1 aromatic rings. The first-order chi connectivity index (χ1) is 9.63. The number of halogens is 1. The van der Waals surface area contributed by atoms with Crippen molar-refractivity contribution in [3.63, 3.8) is 0 Å². The van der Waals surface area contributed by atoms with E-state index >= 15 is 0 Å². The number of hydrogen-bond acceptors (Lipinski definition) is 2. The van der Waals surface area contributed by atoms with Crippen molar-refractivity contribution in [2.45, 2.75) is 19.8 Å². The van der Waals surface area contributed by atoms with Gasteiger partial charge in [0.05, 0.1) is 10.6 Å². The molecule has 5 heteroatoms. The maximum atomic E-state index is 12.4. The van der Waals surface area contributed by atoms with Crippen molar-refractivity contribution in [1.82, 2.24) is 10.2 Å². The summed E-state index contributed by atoms with van der Waals surface area (Å²) >= 11 is 6.05. The summed E-state index contributed by atoms with van der Waals surface area (Å²) in [5, 5.41) is 3.31. The van der Waals surface area contributed by atoms with Crippen LogP contribution in [-0.2, 0) is 4.79 Å². The molecule has 0 bridgehead atoms. The van der Waals surface area contributed by atoms with E-state index < -0.39 is 0 Å². The van der Waals surface area contributed by atoms with E-state index in [1.807, 2.05) is 6.92 Å². The van der Waals surface area contributed by atoms with Gasteiger partial charge in [0.2, 0.25) is 5.91 Å². The van der Waals surface area contributed by atoms with Crippen molar-refractivity contribution >= 4 is 23.4 Å². The smallest absolute Gasteiger partial charge is 0.255 e. The Morgan fingerprint density at radius 2 is 1.95 bits per heavy atom. The van der Waals surface area contributed by atoms with Crippen LogP contribution in [0.15, 0.2) is 24.3 Å². The van der Waals surface area contributed by atoms with E-state index in [-0.39, 0.29) is 17.7 Å². The summed E-state index contributed by atoms with van der Waals surface area (Å²) in [6.45, 7) is 3.77. The van der Waals surface area contributed by atoms with Crippen LogP contribution < -0.4 is 5.32 Å². The number of hydrogen-bond donors (Lipinski definition) is 1. The number of amides is 2. The van der Waals surface area contributed by atoms with E-state index in [4.69, 9.17) is 11.6 Å². The van der Waals surface area contributed by atoms with Crippen LogP contribution in [-0.4, -0.2) is 36.3 Å². The van der Waals surface area contributed by atoms with Crippen molar-refractivity contribution < 1.29 is 9.59 Å². The third kappa shape index (κ3) is 3.31. The molecule has 2 amide bonds. The molecule has 0 aliphatic carbocycles. The first kappa shape index (κ1) is 14.9. The largest absolute Gasteiger partial charge is 0.356 e.